The molecule has 108 valence electrons. The van der Waals surface area contributed by atoms with Gasteiger partial charge in [0.2, 0.25) is 0 Å². The molecule has 0 aliphatic heterocycles. The molecule has 0 spiro atoms. The average Bonchev–Trinajstić information content (AvgIpc) is 2.76. The Balaban J connectivity index is 2.45. The first-order valence-electron chi connectivity index (χ1n) is 7.08. The minimum atomic E-state index is 0.310. The summed E-state index contributed by atoms with van der Waals surface area (Å²) < 4.78 is 3.28. The van der Waals surface area contributed by atoms with E-state index in [1.54, 1.807) is 0 Å². The summed E-state index contributed by atoms with van der Waals surface area (Å²) >= 11 is 3.58. The molecule has 20 heavy (non-hydrogen) atoms. The second-order valence-corrected chi connectivity index (χ2v) is 6.08. The van der Waals surface area contributed by atoms with E-state index < -0.39 is 0 Å². The summed E-state index contributed by atoms with van der Waals surface area (Å²) in [6, 6.07) is 6.74. The number of halogens is 1. The van der Waals surface area contributed by atoms with E-state index in [2.05, 4.69) is 69.8 Å². The van der Waals surface area contributed by atoms with Gasteiger partial charge in [-0.1, -0.05) is 22.9 Å². The molecule has 1 atom stereocenters. The van der Waals surface area contributed by atoms with E-state index in [4.69, 9.17) is 0 Å². The van der Waals surface area contributed by atoms with Gasteiger partial charge < -0.3 is 9.88 Å². The summed E-state index contributed by atoms with van der Waals surface area (Å²) in [6.07, 6.45) is 3.04. The van der Waals surface area contributed by atoms with Crippen molar-refractivity contribution in [2.24, 2.45) is 0 Å². The fourth-order valence-electron chi connectivity index (χ4n) is 2.30. The molecular weight excluding hydrogens is 314 g/mol. The van der Waals surface area contributed by atoms with Crippen molar-refractivity contribution in [3.05, 3.63) is 46.0 Å². The topological polar surface area (TPSA) is 29.9 Å². The van der Waals surface area contributed by atoms with Gasteiger partial charge in [-0.05, 0) is 57.5 Å². The fraction of sp³-hybridized carbons (Fsp3) is 0.438. The fourth-order valence-corrected chi connectivity index (χ4v) is 2.68. The summed E-state index contributed by atoms with van der Waals surface area (Å²) in [5.41, 5.74) is 4.75. The Bertz CT molecular complexity index is 589. The summed E-state index contributed by atoms with van der Waals surface area (Å²) in [4.78, 5) is 4.41. The van der Waals surface area contributed by atoms with Crippen LogP contribution < -0.4 is 5.32 Å². The molecule has 0 aliphatic carbocycles. The highest BCUT2D eigenvalue weighted by atomic mass is 79.9. The summed E-state index contributed by atoms with van der Waals surface area (Å²) in [6.45, 7) is 9.57. The van der Waals surface area contributed by atoms with Crippen molar-refractivity contribution in [3.8, 4) is 5.69 Å². The number of benzene rings is 1. The SMILES string of the molecule is CCCNC(C)c1cc(Br)ccc1-n1cnc(C)c1C. The maximum absolute atomic E-state index is 4.41. The van der Waals surface area contributed by atoms with Crippen LogP contribution in [0.4, 0.5) is 0 Å². The average molecular weight is 336 g/mol. The van der Waals surface area contributed by atoms with Gasteiger partial charge in [-0.25, -0.2) is 4.98 Å². The van der Waals surface area contributed by atoms with Crippen LogP contribution in [-0.4, -0.2) is 16.1 Å². The minimum absolute atomic E-state index is 0.310. The summed E-state index contributed by atoms with van der Waals surface area (Å²) in [5.74, 6) is 0. The number of imidazole rings is 1. The number of aromatic nitrogens is 2. The molecule has 1 heterocycles. The lowest BCUT2D eigenvalue weighted by Crippen LogP contribution is -2.21. The van der Waals surface area contributed by atoms with Gasteiger partial charge in [0.25, 0.3) is 0 Å². The van der Waals surface area contributed by atoms with Gasteiger partial charge >= 0.3 is 0 Å². The van der Waals surface area contributed by atoms with Crippen molar-refractivity contribution in [1.29, 1.82) is 0 Å². The standard InChI is InChI=1S/C16H22BrN3/c1-5-8-18-12(3)15-9-14(17)6-7-16(15)20-10-19-11(2)13(20)4/h6-7,9-10,12,18H,5,8H2,1-4H3. The highest BCUT2D eigenvalue weighted by molar-refractivity contribution is 9.10. The molecule has 0 bridgehead atoms. The van der Waals surface area contributed by atoms with E-state index >= 15 is 0 Å². The van der Waals surface area contributed by atoms with Crippen molar-refractivity contribution in [3.63, 3.8) is 0 Å². The van der Waals surface area contributed by atoms with Gasteiger partial charge in [0, 0.05) is 16.2 Å². The Labute approximate surface area is 129 Å². The van der Waals surface area contributed by atoms with E-state index in [0.29, 0.717) is 6.04 Å². The number of nitrogens with zero attached hydrogens (tertiary/aromatic N) is 2. The Morgan fingerprint density at radius 3 is 2.70 bits per heavy atom. The number of nitrogens with one attached hydrogen (secondary N) is 1. The van der Waals surface area contributed by atoms with Gasteiger partial charge in [0.15, 0.2) is 0 Å². The smallest absolute Gasteiger partial charge is 0.0997 e. The monoisotopic (exact) mass is 335 g/mol. The second-order valence-electron chi connectivity index (χ2n) is 5.16. The van der Waals surface area contributed by atoms with Gasteiger partial charge in [0.05, 0.1) is 17.7 Å². The summed E-state index contributed by atoms with van der Waals surface area (Å²) in [5, 5.41) is 3.56. The first kappa shape index (κ1) is 15.3. The van der Waals surface area contributed by atoms with Crippen molar-refractivity contribution in [2.45, 2.75) is 40.2 Å². The molecule has 0 fully saturated rings. The van der Waals surface area contributed by atoms with Crippen LogP contribution in [-0.2, 0) is 0 Å². The third-order valence-electron chi connectivity index (χ3n) is 3.67. The molecule has 0 radical (unpaired) electrons. The quantitative estimate of drug-likeness (QED) is 0.882. The van der Waals surface area contributed by atoms with Crippen LogP contribution in [0.25, 0.3) is 5.69 Å². The zero-order chi connectivity index (χ0) is 14.7. The van der Waals surface area contributed by atoms with E-state index in [1.165, 1.54) is 16.9 Å². The zero-order valence-corrected chi connectivity index (χ0v) is 14.2. The van der Waals surface area contributed by atoms with Gasteiger partial charge in [-0.15, -0.1) is 0 Å². The van der Waals surface area contributed by atoms with Crippen LogP contribution in [0.2, 0.25) is 0 Å². The van der Waals surface area contributed by atoms with Gasteiger partial charge in [-0.3, -0.25) is 0 Å². The molecule has 0 saturated heterocycles. The molecule has 3 nitrogen and oxygen atoms in total. The number of hydrogen-bond acceptors (Lipinski definition) is 2. The molecule has 2 aromatic rings. The first-order chi connectivity index (χ1) is 9.54. The van der Waals surface area contributed by atoms with Crippen molar-refractivity contribution < 1.29 is 0 Å². The van der Waals surface area contributed by atoms with Crippen LogP contribution in [0, 0.1) is 13.8 Å². The molecule has 1 unspecified atom stereocenters. The van der Waals surface area contributed by atoms with Crippen molar-refractivity contribution >= 4 is 15.9 Å². The lowest BCUT2D eigenvalue weighted by Gasteiger charge is -2.19. The van der Waals surface area contributed by atoms with E-state index in [9.17, 15) is 0 Å². The minimum Gasteiger partial charge on any atom is -0.310 e. The first-order valence-corrected chi connectivity index (χ1v) is 7.87. The Hall–Kier alpha value is -1.13. The molecule has 0 saturated carbocycles. The second kappa shape index (κ2) is 6.55. The van der Waals surface area contributed by atoms with E-state index in [1.807, 2.05) is 13.3 Å². The third-order valence-corrected chi connectivity index (χ3v) is 4.16. The van der Waals surface area contributed by atoms with Gasteiger partial charge in [0.1, 0.15) is 0 Å². The molecule has 2 rings (SSSR count). The number of rotatable bonds is 5. The largest absolute Gasteiger partial charge is 0.310 e. The molecule has 1 N–H and O–H groups in total. The van der Waals surface area contributed by atoms with Crippen LogP contribution in [0.15, 0.2) is 29.0 Å². The predicted octanol–water partition coefficient (Wildman–Crippen LogP) is 4.31. The van der Waals surface area contributed by atoms with Crippen molar-refractivity contribution in [1.82, 2.24) is 14.9 Å². The summed E-state index contributed by atoms with van der Waals surface area (Å²) in [7, 11) is 0. The Morgan fingerprint density at radius 1 is 1.35 bits per heavy atom. The maximum Gasteiger partial charge on any atom is 0.0997 e. The predicted molar refractivity (Wildman–Crippen MR) is 87.4 cm³/mol. The Morgan fingerprint density at radius 2 is 2.10 bits per heavy atom. The van der Waals surface area contributed by atoms with Crippen LogP contribution in [0.1, 0.15) is 43.3 Å². The lowest BCUT2D eigenvalue weighted by atomic mass is 10.1. The molecule has 0 aliphatic rings. The highest BCUT2D eigenvalue weighted by Crippen LogP contribution is 2.27. The third kappa shape index (κ3) is 3.13. The van der Waals surface area contributed by atoms with Crippen molar-refractivity contribution in [2.75, 3.05) is 6.54 Å². The van der Waals surface area contributed by atoms with Gasteiger partial charge in [-0.2, -0.15) is 0 Å². The number of hydrogen-bond donors (Lipinski definition) is 1. The molecule has 0 amide bonds. The van der Waals surface area contributed by atoms with E-state index in [-0.39, 0.29) is 0 Å². The lowest BCUT2D eigenvalue weighted by molar-refractivity contribution is 0.568. The molecule has 1 aromatic carbocycles. The zero-order valence-electron chi connectivity index (χ0n) is 12.6. The maximum atomic E-state index is 4.41. The number of aryl methyl sites for hydroxylation is 1. The molecule has 4 heteroatoms. The highest BCUT2D eigenvalue weighted by Gasteiger charge is 2.14. The normalized spacial score (nSPS) is 12.7. The molecular formula is C16H22BrN3. The van der Waals surface area contributed by atoms with Crippen LogP contribution in [0.3, 0.4) is 0 Å². The van der Waals surface area contributed by atoms with Crippen LogP contribution in [0.5, 0.6) is 0 Å². The van der Waals surface area contributed by atoms with E-state index in [0.717, 1.165) is 23.1 Å². The van der Waals surface area contributed by atoms with Crippen LogP contribution >= 0.6 is 15.9 Å². The Kier molecular flexibility index (Phi) is 5.00. The molecule has 1 aromatic heterocycles.